The van der Waals surface area contributed by atoms with Crippen molar-refractivity contribution >= 4 is 23.2 Å². The Labute approximate surface area is 113 Å². The number of nitrogens with one attached hydrogen (secondary N) is 2. The van der Waals surface area contributed by atoms with Crippen LogP contribution in [-0.4, -0.2) is 19.0 Å². The van der Waals surface area contributed by atoms with Gasteiger partial charge in [-0.2, -0.15) is 0 Å². The Morgan fingerprint density at radius 3 is 3.06 bits per heavy atom. The molecule has 4 heteroatoms. The summed E-state index contributed by atoms with van der Waals surface area (Å²) in [6, 6.07) is 5.66. The number of halogens is 1. The van der Waals surface area contributed by atoms with E-state index < -0.39 is 0 Å². The molecule has 1 aromatic rings. The Kier molecular flexibility index (Phi) is 4.61. The van der Waals surface area contributed by atoms with E-state index in [1.165, 1.54) is 0 Å². The largest absolute Gasteiger partial charge is 0.325 e. The van der Waals surface area contributed by atoms with E-state index in [1.807, 2.05) is 25.1 Å². The number of rotatable bonds is 3. The molecule has 1 aliphatic heterocycles. The average molecular weight is 267 g/mol. The van der Waals surface area contributed by atoms with E-state index in [1.54, 1.807) is 0 Å². The highest BCUT2D eigenvalue weighted by molar-refractivity contribution is 6.33. The van der Waals surface area contributed by atoms with Crippen molar-refractivity contribution in [1.82, 2.24) is 5.32 Å². The van der Waals surface area contributed by atoms with Crippen molar-refractivity contribution in [2.45, 2.75) is 26.2 Å². The first-order valence-electron chi connectivity index (χ1n) is 6.42. The molecule has 0 spiro atoms. The molecule has 0 aromatic heterocycles. The minimum Gasteiger partial charge on any atom is -0.325 e. The fourth-order valence-corrected chi connectivity index (χ4v) is 2.57. The van der Waals surface area contributed by atoms with Gasteiger partial charge in [-0.15, -0.1) is 0 Å². The summed E-state index contributed by atoms with van der Waals surface area (Å²) in [5.41, 5.74) is 1.80. The number of hydrogen-bond acceptors (Lipinski definition) is 2. The molecule has 2 N–H and O–H groups in total. The maximum absolute atomic E-state index is 11.9. The summed E-state index contributed by atoms with van der Waals surface area (Å²) in [5.74, 6) is 0.498. The lowest BCUT2D eigenvalue weighted by atomic mass is 9.96. The summed E-state index contributed by atoms with van der Waals surface area (Å²) in [7, 11) is 0. The van der Waals surface area contributed by atoms with Crippen molar-refractivity contribution in [2.24, 2.45) is 5.92 Å². The molecule has 0 aliphatic carbocycles. The molecule has 0 saturated carbocycles. The van der Waals surface area contributed by atoms with E-state index in [4.69, 9.17) is 11.6 Å². The second kappa shape index (κ2) is 6.21. The second-order valence-electron chi connectivity index (χ2n) is 4.95. The highest BCUT2D eigenvalue weighted by atomic mass is 35.5. The molecule has 0 radical (unpaired) electrons. The third-order valence-corrected chi connectivity index (χ3v) is 3.58. The second-order valence-corrected chi connectivity index (χ2v) is 5.36. The molecule has 3 nitrogen and oxygen atoms in total. The van der Waals surface area contributed by atoms with Gasteiger partial charge in [0.2, 0.25) is 5.91 Å². The molecule has 1 aliphatic rings. The summed E-state index contributed by atoms with van der Waals surface area (Å²) in [6.07, 6.45) is 2.85. The van der Waals surface area contributed by atoms with E-state index in [0.717, 1.165) is 31.5 Å². The van der Waals surface area contributed by atoms with Gasteiger partial charge in [-0.25, -0.2) is 0 Å². The Balaban J connectivity index is 1.90. The molecule has 98 valence electrons. The molecule has 1 fully saturated rings. The first kappa shape index (κ1) is 13.4. The van der Waals surface area contributed by atoms with Crippen LogP contribution in [0.5, 0.6) is 0 Å². The van der Waals surface area contributed by atoms with Gasteiger partial charge in [-0.05, 0) is 56.5 Å². The van der Waals surface area contributed by atoms with Crippen LogP contribution in [-0.2, 0) is 4.79 Å². The number of carbonyl (C=O) groups excluding carboxylic acids is 1. The van der Waals surface area contributed by atoms with Crippen molar-refractivity contribution in [3.8, 4) is 0 Å². The zero-order valence-electron chi connectivity index (χ0n) is 10.6. The summed E-state index contributed by atoms with van der Waals surface area (Å²) >= 11 is 6.09. The fourth-order valence-electron chi connectivity index (χ4n) is 2.28. The van der Waals surface area contributed by atoms with Gasteiger partial charge in [0.25, 0.3) is 0 Å². The van der Waals surface area contributed by atoms with Gasteiger partial charge in [-0.1, -0.05) is 17.7 Å². The normalized spacial score (nSPS) is 19.6. The molecule has 1 aromatic carbocycles. The molecule has 2 rings (SSSR count). The highest BCUT2D eigenvalue weighted by Gasteiger charge is 2.17. The Hall–Kier alpha value is -1.06. The van der Waals surface area contributed by atoms with Crippen LogP contribution < -0.4 is 10.6 Å². The van der Waals surface area contributed by atoms with Crippen molar-refractivity contribution in [2.75, 3.05) is 18.4 Å². The van der Waals surface area contributed by atoms with Crippen LogP contribution in [0.25, 0.3) is 0 Å². The van der Waals surface area contributed by atoms with Gasteiger partial charge in [0.05, 0.1) is 10.7 Å². The van der Waals surface area contributed by atoms with Crippen LogP contribution in [0.1, 0.15) is 24.8 Å². The van der Waals surface area contributed by atoms with Crippen LogP contribution in [0.3, 0.4) is 0 Å². The first-order chi connectivity index (χ1) is 8.65. The quantitative estimate of drug-likeness (QED) is 0.883. The van der Waals surface area contributed by atoms with Gasteiger partial charge in [0.15, 0.2) is 0 Å². The average Bonchev–Trinajstić information content (AvgIpc) is 2.34. The smallest absolute Gasteiger partial charge is 0.224 e. The molecule has 1 atom stereocenters. The Morgan fingerprint density at radius 1 is 1.56 bits per heavy atom. The number of piperidine rings is 1. The lowest BCUT2D eigenvalue weighted by Gasteiger charge is -2.22. The van der Waals surface area contributed by atoms with Gasteiger partial charge in [0, 0.05) is 6.42 Å². The van der Waals surface area contributed by atoms with Crippen LogP contribution in [0.15, 0.2) is 18.2 Å². The number of aryl methyl sites for hydroxylation is 1. The topological polar surface area (TPSA) is 41.1 Å². The van der Waals surface area contributed by atoms with Crippen molar-refractivity contribution < 1.29 is 4.79 Å². The van der Waals surface area contributed by atoms with E-state index in [9.17, 15) is 4.79 Å². The van der Waals surface area contributed by atoms with Crippen LogP contribution in [0, 0.1) is 12.8 Å². The summed E-state index contributed by atoms with van der Waals surface area (Å²) in [5, 5.41) is 6.80. The number of carbonyl (C=O) groups is 1. The summed E-state index contributed by atoms with van der Waals surface area (Å²) < 4.78 is 0. The highest BCUT2D eigenvalue weighted by Crippen LogP contribution is 2.23. The maximum Gasteiger partial charge on any atom is 0.224 e. The van der Waals surface area contributed by atoms with Crippen LogP contribution in [0.4, 0.5) is 5.69 Å². The van der Waals surface area contributed by atoms with E-state index in [-0.39, 0.29) is 5.91 Å². The number of hydrogen-bond donors (Lipinski definition) is 2. The minimum atomic E-state index is 0.0504. The third-order valence-electron chi connectivity index (χ3n) is 3.27. The third kappa shape index (κ3) is 3.72. The zero-order valence-corrected chi connectivity index (χ0v) is 11.4. The van der Waals surface area contributed by atoms with Gasteiger partial charge >= 0.3 is 0 Å². The predicted octanol–water partition coefficient (Wildman–Crippen LogP) is 2.98. The molecular weight excluding hydrogens is 248 g/mol. The molecule has 0 bridgehead atoms. The lowest BCUT2D eigenvalue weighted by molar-refractivity contribution is -0.117. The molecule has 1 unspecified atom stereocenters. The Bertz CT molecular complexity index is 428. The number of anilines is 1. The SMILES string of the molecule is Cc1ccc(NC(=O)CC2CCCNC2)c(Cl)c1. The standard InChI is InChI=1S/C14H19ClN2O/c1-10-4-5-13(12(15)7-10)17-14(18)8-11-3-2-6-16-9-11/h4-5,7,11,16H,2-3,6,8-9H2,1H3,(H,17,18). The van der Waals surface area contributed by atoms with Crippen molar-refractivity contribution in [3.05, 3.63) is 28.8 Å². The molecule has 18 heavy (non-hydrogen) atoms. The summed E-state index contributed by atoms with van der Waals surface area (Å²) in [4.78, 5) is 11.9. The van der Waals surface area contributed by atoms with Crippen molar-refractivity contribution in [3.63, 3.8) is 0 Å². The fraction of sp³-hybridized carbons (Fsp3) is 0.500. The predicted molar refractivity (Wildman–Crippen MR) is 75.0 cm³/mol. The van der Waals surface area contributed by atoms with E-state index in [0.29, 0.717) is 23.0 Å². The monoisotopic (exact) mass is 266 g/mol. The number of amides is 1. The Morgan fingerprint density at radius 2 is 2.39 bits per heavy atom. The van der Waals surface area contributed by atoms with Gasteiger partial charge in [-0.3, -0.25) is 4.79 Å². The minimum absolute atomic E-state index is 0.0504. The number of benzene rings is 1. The molecule has 1 amide bonds. The van der Waals surface area contributed by atoms with Gasteiger partial charge < -0.3 is 10.6 Å². The zero-order chi connectivity index (χ0) is 13.0. The van der Waals surface area contributed by atoms with Crippen LogP contribution in [0.2, 0.25) is 5.02 Å². The van der Waals surface area contributed by atoms with E-state index >= 15 is 0 Å². The molecule has 1 heterocycles. The maximum atomic E-state index is 11.9. The van der Waals surface area contributed by atoms with Crippen molar-refractivity contribution in [1.29, 1.82) is 0 Å². The molecule has 1 saturated heterocycles. The molecular formula is C14H19ClN2O. The van der Waals surface area contributed by atoms with Gasteiger partial charge in [0.1, 0.15) is 0 Å². The lowest BCUT2D eigenvalue weighted by Crippen LogP contribution is -2.32. The first-order valence-corrected chi connectivity index (χ1v) is 6.79. The van der Waals surface area contributed by atoms with E-state index in [2.05, 4.69) is 10.6 Å². The van der Waals surface area contributed by atoms with Crippen LogP contribution >= 0.6 is 11.6 Å². The summed E-state index contributed by atoms with van der Waals surface area (Å²) in [6.45, 7) is 3.99.